The summed E-state index contributed by atoms with van der Waals surface area (Å²) in [6.07, 6.45) is 3.66. The number of amides is 1. The largest absolute Gasteiger partial charge is 0.394 e. The molecule has 2 aliphatic rings. The number of halogens is 2. The smallest absolute Gasteiger partial charge is 0.278 e. The highest BCUT2D eigenvalue weighted by Crippen LogP contribution is 2.35. The molecule has 55 heavy (non-hydrogen) atoms. The number of aromatic nitrogens is 6. The number of anilines is 3. The van der Waals surface area contributed by atoms with Crippen LogP contribution in [-0.2, 0) is 19.5 Å². The van der Waals surface area contributed by atoms with Gasteiger partial charge in [-0.25, -0.2) is 28.1 Å². The number of carbonyl (C=O) groups is 1. The third kappa shape index (κ3) is 6.36. The summed E-state index contributed by atoms with van der Waals surface area (Å²) in [5.74, 6) is -0.317. The topological polar surface area (TPSA) is 149 Å². The first-order valence-corrected chi connectivity index (χ1v) is 18.1. The number of nitrogens with zero attached hydrogens (tertiary/aromatic N) is 7. The van der Waals surface area contributed by atoms with Crippen molar-refractivity contribution in [2.24, 2.45) is 0 Å². The quantitative estimate of drug-likeness (QED) is 0.165. The molecule has 0 unspecified atom stereocenters. The summed E-state index contributed by atoms with van der Waals surface area (Å²) < 4.78 is 33.0. The van der Waals surface area contributed by atoms with Crippen molar-refractivity contribution in [3.05, 3.63) is 124 Å². The highest BCUT2D eigenvalue weighted by molar-refractivity contribution is 6.10. The molecule has 4 N–H and O–H groups in total. The van der Waals surface area contributed by atoms with Crippen LogP contribution in [0.4, 0.5) is 26.1 Å². The molecule has 278 valence electrons. The Kier molecular flexibility index (Phi) is 8.79. The number of hydrogen-bond acceptors (Lipinski definition) is 9. The van der Waals surface area contributed by atoms with Crippen molar-refractivity contribution in [1.82, 2.24) is 39.5 Å². The average Bonchev–Trinajstić information content (AvgIpc) is 3.63. The van der Waals surface area contributed by atoms with E-state index in [0.717, 1.165) is 43.1 Å². The van der Waals surface area contributed by atoms with Gasteiger partial charge in [0.15, 0.2) is 11.5 Å². The first-order chi connectivity index (χ1) is 26.8. The van der Waals surface area contributed by atoms with Crippen LogP contribution in [0.2, 0.25) is 0 Å². The summed E-state index contributed by atoms with van der Waals surface area (Å²) in [4.78, 5) is 46.9. The minimum absolute atomic E-state index is 0.0801. The number of hydrogen-bond donors (Lipinski definition) is 4. The summed E-state index contributed by atoms with van der Waals surface area (Å²) >= 11 is 0. The van der Waals surface area contributed by atoms with Gasteiger partial charge in [-0.1, -0.05) is 18.2 Å². The molecular formula is C40H36F2N10O3. The number of fused-ring (bicyclic) bond motifs is 1. The van der Waals surface area contributed by atoms with Crippen LogP contribution in [-0.4, -0.2) is 84.5 Å². The van der Waals surface area contributed by atoms with Crippen LogP contribution in [0.3, 0.4) is 0 Å². The number of piperazine rings is 1. The lowest BCUT2D eigenvalue weighted by atomic mass is 9.99. The lowest BCUT2D eigenvalue weighted by Gasteiger charge is -2.36. The summed E-state index contributed by atoms with van der Waals surface area (Å²) in [5, 5.41) is 16.7. The maximum Gasteiger partial charge on any atom is 0.278 e. The minimum Gasteiger partial charge on any atom is -0.394 e. The fourth-order valence-corrected chi connectivity index (χ4v) is 7.66. The number of rotatable bonds is 9. The zero-order valence-corrected chi connectivity index (χ0v) is 29.6. The molecule has 3 aromatic carbocycles. The molecule has 0 atom stereocenters. The van der Waals surface area contributed by atoms with Gasteiger partial charge in [0.25, 0.3) is 11.5 Å². The third-order valence-electron chi connectivity index (χ3n) is 10.3. The normalized spacial score (nSPS) is 14.7. The number of H-pyrrole nitrogens is 1. The maximum atomic E-state index is 15.6. The Hall–Kier alpha value is -6.45. The SMILES string of the molecule is O=C1NCCc2c(-c3ccc(CN4CCN(c5ccc(Nc6ncc7c(=O)n(CCO)n(-c8ccccn8)c7n6)cc5)CC4)c(F)c3)[nH]c3cc(F)cc1c23. The summed E-state index contributed by atoms with van der Waals surface area (Å²) in [5.41, 5.74) is 5.54. The first-order valence-electron chi connectivity index (χ1n) is 18.1. The number of aliphatic hydroxyl groups is 1. The van der Waals surface area contributed by atoms with Gasteiger partial charge >= 0.3 is 0 Å². The Bertz CT molecular complexity index is 2630. The summed E-state index contributed by atoms with van der Waals surface area (Å²) in [7, 11) is 0. The summed E-state index contributed by atoms with van der Waals surface area (Å²) in [6.45, 7) is 3.79. The van der Waals surface area contributed by atoms with E-state index in [2.05, 4.69) is 40.4 Å². The number of aromatic amines is 1. The molecule has 0 saturated carbocycles. The Morgan fingerprint density at radius 2 is 1.76 bits per heavy atom. The second-order valence-electron chi connectivity index (χ2n) is 13.7. The maximum absolute atomic E-state index is 15.6. The molecule has 15 heteroatoms. The molecule has 6 heterocycles. The molecule has 0 aliphatic carbocycles. The van der Waals surface area contributed by atoms with Gasteiger partial charge in [-0.05, 0) is 66.6 Å². The molecule has 13 nitrogen and oxygen atoms in total. The molecule has 2 aliphatic heterocycles. The molecule has 0 bridgehead atoms. The monoisotopic (exact) mass is 742 g/mol. The van der Waals surface area contributed by atoms with Crippen LogP contribution in [0.25, 0.3) is 39.0 Å². The Balaban J connectivity index is 0.855. The van der Waals surface area contributed by atoms with E-state index in [0.29, 0.717) is 75.6 Å². The average molecular weight is 743 g/mol. The van der Waals surface area contributed by atoms with E-state index in [-0.39, 0.29) is 30.4 Å². The fraction of sp³-hybridized carbons (Fsp3) is 0.225. The zero-order chi connectivity index (χ0) is 37.6. The molecule has 0 spiro atoms. The van der Waals surface area contributed by atoms with Crippen molar-refractivity contribution in [1.29, 1.82) is 0 Å². The number of aliphatic hydroxyl groups excluding tert-OH is 1. The van der Waals surface area contributed by atoms with Crippen molar-refractivity contribution in [2.75, 3.05) is 49.5 Å². The molecule has 4 aromatic heterocycles. The number of pyridine rings is 1. The molecular weight excluding hydrogens is 707 g/mol. The second kappa shape index (κ2) is 14.1. The molecule has 9 rings (SSSR count). The minimum atomic E-state index is -0.502. The van der Waals surface area contributed by atoms with Gasteiger partial charge < -0.3 is 25.6 Å². The number of benzene rings is 3. The Labute approximate surface area is 312 Å². The molecule has 1 amide bonds. The van der Waals surface area contributed by atoms with Crippen LogP contribution in [0.1, 0.15) is 21.5 Å². The Morgan fingerprint density at radius 1 is 0.927 bits per heavy atom. The highest BCUT2D eigenvalue weighted by atomic mass is 19.1. The van der Waals surface area contributed by atoms with Crippen LogP contribution in [0.5, 0.6) is 0 Å². The van der Waals surface area contributed by atoms with Gasteiger partial charge in [-0.15, -0.1) is 0 Å². The highest BCUT2D eigenvalue weighted by Gasteiger charge is 2.25. The van der Waals surface area contributed by atoms with Crippen LogP contribution >= 0.6 is 0 Å². The van der Waals surface area contributed by atoms with Gasteiger partial charge in [0.05, 0.1) is 18.7 Å². The van der Waals surface area contributed by atoms with E-state index in [9.17, 15) is 19.1 Å². The van der Waals surface area contributed by atoms with E-state index in [1.807, 2.05) is 42.5 Å². The van der Waals surface area contributed by atoms with E-state index < -0.39 is 5.82 Å². The van der Waals surface area contributed by atoms with Crippen molar-refractivity contribution in [3.63, 3.8) is 0 Å². The second-order valence-corrected chi connectivity index (χ2v) is 13.7. The van der Waals surface area contributed by atoms with Gasteiger partial charge in [0, 0.05) is 90.8 Å². The van der Waals surface area contributed by atoms with Gasteiger partial charge in [0.1, 0.15) is 17.0 Å². The fourth-order valence-electron chi connectivity index (χ4n) is 7.66. The van der Waals surface area contributed by atoms with E-state index in [1.54, 1.807) is 23.0 Å². The zero-order valence-electron chi connectivity index (χ0n) is 29.6. The molecule has 0 radical (unpaired) electrons. The first kappa shape index (κ1) is 34.3. The van der Waals surface area contributed by atoms with E-state index in [1.165, 1.54) is 29.1 Å². The standard InChI is InChI=1S/C40H36F2N10O3/c41-26-20-30-35-29(10-12-44-38(30)54)36(47-33(35)21-26)24-4-5-25(32(42)19-24)23-49-13-15-50(16-14-49)28-8-6-27(7-9-28)46-40-45-22-31-37(48-40)52(34-3-1-2-11-43-34)51(17-18-53)39(31)55/h1-9,11,19-22,47,53H,10,12-18,23H2,(H,44,54)(H,45,46,48). The lowest BCUT2D eigenvalue weighted by molar-refractivity contribution is 0.0956. The van der Waals surface area contributed by atoms with Gasteiger partial charge in [-0.3, -0.25) is 14.5 Å². The predicted octanol–water partition coefficient (Wildman–Crippen LogP) is 4.75. The molecule has 1 fully saturated rings. The van der Waals surface area contributed by atoms with Gasteiger partial charge in [-0.2, -0.15) is 4.98 Å². The van der Waals surface area contributed by atoms with Crippen molar-refractivity contribution >= 4 is 45.2 Å². The lowest BCUT2D eigenvalue weighted by Crippen LogP contribution is -2.46. The molecule has 1 saturated heterocycles. The summed E-state index contributed by atoms with van der Waals surface area (Å²) in [6, 6.07) is 21.2. The van der Waals surface area contributed by atoms with Crippen LogP contribution in [0, 0.1) is 11.6 Å². The Morgan fingerprint density at radius 3 is 2.53 bits per heavy atom. The van der Waals surface area contributed by atoms with Crippen LogP contribution in [0.15, 0.2) is 90.0 Å². The molecule has 7 aromatic rings. The number of nitrogens with one attached hydrogen (secondary N) is 3. The van der Waals surface area contributed by atoms with E-state index >= 15 is 4.39 Å². The van der Waals surface area contributed by atoms with Crippen LogP contribution < -0.4 is 21.1 Å². The predicted molar refractivity (Wildman–Crippen MR) is 205 cm³/mol. The van der Waals surface area contributed by atoms with Gasteiger partial charge in [0.2, 0.25) is 5.95 Å². The van der Waals surface area contributed by atoms with E-state index in [4.69, 9.17) is 0 Å². The van der Waals surface area contributed by atoms with Crippen molar-refractivity contribution < 1.29 is 18.7 Å². The van der Waals surface area contributed by atoms with Crippen molar-refractivity contribution in [2.45, 2.75) is 19.5 Å². The van der Waals surface area contributed by atoms with Crippen molar-refractivity contribution in [3.8, 4) is 17.1 Å². The number of carbonyl (C=O) groups excluding carboxylic acids is 1. The third-order valence-corrected chi connectivity index (χ3v) is 10.3.